The normalized spacial score (nSPS) is 12.4. The molecular weight excluding hydrogens is 363 g/mol. The number of halogens is 4. The van der Waals surface area contributed by atoms with Crippen molar-refractivity contribution < 1.29 is 21.6 Å². The lowest BCUT2D eigenvalue weighted by Gasteiger charge is -2.11. The lowest BCUT2D eigenvalue weighted by Crippen LogP contribution is -2.13. The van der Waals surface area contributed by atoms with Crippen LogP contribution < -0.4 is 4.72 Å². The Balaban J connectivity index is 2.38. The zero-order valence-electron chi connectivity index (χ0n) is 9.57. The van der Waals surface area contributed by atoms with E-state index in [0.717, 1.165) is 18.5 Å². The van der Waals surface area contributed by atoms with Gasteiger partial charge >= 0.3 is 6.18 Å². The van der Waals surface area contributed by atoms with Gasteiger partial charge in [0.05, 0.1) is 17.4 Å². The number of rotatable bonds is 3. The molecule has 5 nitrogen and oxygen atoms in total. The van der Waals surface area contributed by atoms with Crippen LogP contribution in [0, 0.1) is 0 Å². The van der Waals surface area contributed by atoms with Crippen molar-refractivity contribution in [1.82, 2.24) is 10.2 Å². The predicted octanol–water partition coefficient (Wildman–Crippen LogP) is 2.99. The first kappa shape index (κ1) is 14.9. The number of hydrogen-bond donors (Lipinski definition) is 2. The van der Waals surface area contributed by atoms with Crippen molar-refractivity contribution in [2.75, 3.05) is 4.72 Å². The Morgan fingerprint density at radius 1 is 1.25 bits per heavy atom. The van der Waals surface area contributed by atoms with E-state index < -0.39 is 21.8 Å². The first-order valence-electron chi connectivity index (χ1n) is 5.08. The Morgan fingerprint density at radius 2 is 1.95 bits per heavy atom. The molecule has 0 aliphatic carbocycles. The van der Waals surface area contributed by atoms with Gasteiger partial charge in [-0.3, -0.25) is 9.82 Å². The molecule has 2 rings (SSSR count). The molecule has 0 amide bonds. The third-order valence-corrected chi connectivity index (χ3v) is 4.07. The van der Waals surface area contributed by atoms with E-state index in [2.05, 4.69) is 30.8 Å². The average molecular weight is 370 g/mol. The molecule has 0 saturated carbocycles. The largest absolute Gasteiger partial charge is 0.416 e. The molecule has 1 aromatic carbocycles. The summed E-state index contributed by atoms with van der Waals surface area (Å²) in [5.41, 5.74) is -1.16. The van der Waals surface area contributed by atoms with Crippen LogP contribution in [0.15, 0.2) is 40.0 Å². The van der Waals surface area contributed by atoms with Gasteiger partial charge in [-0.2, -0.15) is 18.3 Å². The zero-order valence-corrected chi connectivity index (χ0v) is 12.0. The molecule has 10 heteroatoms. The zero-order chi connectivity index (χ0) is 15.0. The first-order chi connectivity index (χ1) is 9.18. The van der Waals surface area contributed by atoms with E-state index in [4.69, 9.17) is 0 Å². The fourth-order valence-corrected chi connectivity index (χ4v) is 2.85. The monoisotopic (exact) mass is 369 g/mol. The standard InChI is InChI=1S/C10H7BrF3N3O2S/c11-7-1-6(10(12,13)14)2-8(3-7)17-20(18,19)9-4-15-16-5-9/h1-5,17H,(H,15,16). The maximum Gasteiger partial charge on any atom is 0.416 e. The van der Waals surface area contributed by atoms with E-state index in [-0.39, 0.29) is 15.1 Å². The van der Waals surface area contributed by atoms with E-state index in [1.54, 1.807) is 0 Å². The van der Waals surface area contributed by atoms with Gasteiger partial charge in [-0.1, -0.05) is 15.9 Å². The van der Waals surface area contributed by atoms with Gasteiger partial charge in [0.25, 0.3) is 10.0 Å². The molecule has 2 N–H and O–H groups in total. The maximum absolute atomic E-state index is 12.6. The van der Waals surface area contributed by atoms with Crippen LogP contribution >= 0.6 is 15.9 Å². The van der Waals surface area contributed by atoms with Gasteiger partial charge < -0.3 is 0 Å². The van der Waals surface area contributed by atoms with E-state index in [9.17, 15) is 21.6 Å². The minimum Gasteiger partial charge on any atom is -0.284 e. The smallest absolute Gasteiger partial charge is 0.284 e. The second-order valence-electron chi connectivity index (χ2n) is 3.77. The van der Waals surface area contributed by atoms with Gasteiger partial charge in [-0.25, -0.2) is 8.42 Å². The fraction of sp³-hybridized carbons (Fsp3) is 0.100. The molecule has 0 radical (unpaired) electrons. The number of anilines is 1. The quantitative estimate of drug-likeness (QED) is 0.873. The van der Waals surface area contributed by atoms with Gasteiger partial charge in [0.1, 0.15) is 4.90 Å². The molecule has 0 unspecified atom stereocenters. The van der Waals surface area contributed by atoms with Crippen LogP contribution in [0.4, 0.5) is 18.9 Å². The van der Waals surface area contributed by atoms with Crippen molar-refractivity contribution in [2.45, 2.75) is 11.1 Å². The lowest BCUT2D eigenvalue weighted by molar-refractivity contribution is -0.137. The summed E-state index contributed by atoms with van der Waals surface area (Å²) in [5.74, 6) is 0. The number of aromatic amines is 1. The molecule has 0 spiro atoms. The van der Waals surface area contributed by atoms with E-state index in [1.807, 2.05) is 0 Å². The number of hydrogen-bond acceptors (Lipinski definition) is 3. The second-order valence-corrected chi connectivity index (χ2v) is 6.36. The summed E-state index contributed by atoms with van der Waals surface area (Å²) in [6.07, 6.45) is -2.41. The van der Waals surface area contributed by atoms with Crippen molar-refractivity contribution in [3.05, 3.63) is 40.6 Å². The van der Waals surface area contributed by atoms with Crippen molar-refractivity contribution in [3.63, 3.8) is 0 Å². The van der Waals surface area contributed by atoms with Crippen LogP contribution in [0.5, 0.6) is 0 Å². The minimum absolute atomic E-state index is 0.109. The Kier molecular flexibility index (Phi) is 3.78. The van der Waals surface area contributed by atoms with Crippen LogP contribution in [-0.2, 0) is 16.2 Å². The first-order valence-corrected chi connectivity index (χ1v) is 7.35. The summed E-state index contributed by atoms with van der Waals surface area (Å²) in [7, 11) is -3.98. The number of nitrogens with one attached hydrogen (secondary N) is 2. The second kappa shape index (κ2) is 5.09. The summed E-state index contributed by atoms with van der Waals surface area (Å²) in [6.45, 7) is 0. The number of benzene rings is 1. The van der Waals surface area contributed by atoms with Crippen molar-refractivity contribution >= 4 is 31.6 Å². The molecule has 0 fully saturated rings. The van der Waals surface area contributed by atoms with E-state index >= 15 is 0 Å². The number of nitrogens with zero attached hydrogens (tertiary/aromatic N) is 1. The molecule has 0 atom stereocenters. The molecule has 0 saturated heterocycles. The number of alkyl halides is 3. The lowest BCUT2D eigenvalue weighted by atomic mass is 10.2. The van der Waals surface area contributed by atoms with Gasteiger partial charge in [0, 0.05) is 10.7 Å². The summed E-state index contributed by atoms with van der Waals surface area (Å²) < 4.78 is 63.8. The summed E-state index contributed by atoms with van der Waals surface area (Å²) in [5, 5.41) is 5.78. The van der Waals surface area contributed by atoms with Gasteiger partial charge in [0.2, 0.25) is 0 Å². The number of aromatic nitrogens is 2. The number of H-pyrrole nitrogens is 1. The highest BCUT2D eigenvalue weighted by atomic mass is 79.9. The summed E-state index contributed by atoms with van der Waals surface area (Å²) in [6, 6.07) is 2.80. The molecule has 1 heterocycles. The van der Waals surface area contributed by atoms with Gasteiger partial charge in [0.15, 0.2) is 0 Å². The fourth-order valence-electron chi connectivity index (χ4n) is 1.41. The van der Waals surface area contributed by atoms with Crippen LogP contribution in [0.25, 0.3) is 0 Å². The summed E-state index contributed by atoms with van der Waals surface area (Å²) in [4.78, 5) is -0.175. The van der Waals surface area contributed by atoms with E-state index in [1.165, 1.54) is 6.07 Å². The van der Waals surface area contributed by atoms with Crippen LogP contribution in [0.2, 0.25) is 0 Å². The van der Waals surface area contributed by atoms with Crippen molar-refractivity contribution in [1.29, 1.82) is 0 Å². The Labute approximate surface area is 120 Å². The maximum atomic E-state index is 12.6. The highest BCUT2D eigenvalue weighted by Crippen LogP contribution is 2.33. The van der Waals surface area contributed by atoms with E-state index in [0.29, 0.717) is 6.07 Å². The Hall–Kier alpha value is -1.55. The minimum atomic E-state index is -4.57. The Morgan fingerprint density at radius 3 is 2.50 bits per heavy atom. The topological polar surface area (TPSA) is 74.8 Å². The van der Waals surface area contributed by atoms with Crippen LogP contribution in [0.1, 0.15) is 5.56 Å². The average Bonchev–Trinajstić information content (AvgIpc) is 2.79. The highest BCUT2D eigenvalue weighted by Gasteiger charge is 2.31. The van der Waals surface area contributed by atoms with Crippen LogP contribution in [0.3, 0.4) is 0 Å². The third kappa shape index (κ3) is 3.31. The van der Waals surface area contributed by atoms with Gasteiger partial charge in [-0.05, 0) is 18.2 Å². The third-order valence-electron chi connectivity index (χ3n) is 2.26. The molecular formula is C10H7BrF3N3O2S. The highest BCUT2D eigenvalue weighted by molar-refractivity contribution is 9.10. The molecule has 20 heavy (non-hydrogen) atoms. The van der Waals surface area contributed by atoms with Gasteiger partial charge in [-0.15, -0.1) is 0 Å². The van der Waals surface area contributed by atoms with Crippen molar-refractivity contribution in [3.8, 4) is 0 Å². The molecule has 0 aliphatic rings. The molecule has 108 valence electrons. The number of sulfonamides is 1. The molecule has 0 aliphatic heterocycles. The Bertz CT molecular complexity index is 714. The SMILES string of the molecule is O=S(=O)(Nc1cc(Br)cc(C(F)(F)F)c1)c1cn[nH]c1. The predicted molar refractivity (Wildman–Crippen MR) is 68.5 cm³/mol. The molecule has 0 bridgehead atoms. The van der Waals surface area contributed by atoms with Crippen LogP contribution in [-0.4, -0.2) is 18.6 Å². The molecule has 1 aromatic heterocycles. The summed E-state index contributed by atoms with van der Waals surface area (Å²) >= 11 is 2.91. The molecule has 2 aromatic rings. The van der Waals surface area contributed by atoms with Crippen molar-refractivity contribution in [2.24, 2.45) is 0 Å².